The van der Waals surface area contributed by atoms with E-state index in [4.69, 9.17) is 9.52 Å². The van der Waals surface area contributed by atoms with Crippen molar-refractivity contribution in [2.45, 2.75) is 26.3 Å². The van der Waals surface area contributed by atoms with Gasteiger partial charge < -0.3 is 14.8 Å². The number of carboxylic acids is 1. The van der Waals surface area contributed by atoms with Crippen LogP contribution in [0.2, 0.25) is 0 Å². The molecule has 0 unspecified atom stereocenters. The smallest absolute Gasteiger partial charge is 0.328 e. The average Bonchev–Trinajstić information content (AvgIpc) is 2.81. The second-order valence-corrected chi connectivity index (χ2v) is 5.18. The quantitative estimate of drug-likeness (QED) is 0.900. The molecule has 0 bridgehead atoms. The number of carbonyl (C=O) groups is 2. The van der Waals surface area contributed by atoms with Gasteiger partial charge in [-0.05, 0) is 32.9 Å². The third kappa shape index (κ3) is 3.10. The number of hydrogen-bond acceptors (Lipinski definition) is 4. The van der Waals surface area contributed by atoms with Crippen molar-refractivity contribution >= 4 is 11.9 Å². The number of aliphatic carboxylic acids is 1. The van der Waals surface area contributed by atoms with E-state index in [1.165, 1.54) is 13.8 Å². The van der Waals surface area contributed by atoms with E-state index in [9.17, 15) is 9.59 Å². The fourth-order valence-corrected chi connectivity index (χ4v) is 1.71. The fraction of sp³-hybridized carbons (Fsp3) is 0.267. The molecular formula is C15H16N2O4. The van der Waals surface area contributed by atoms with Gasteiger partial charge in [-0.1, -0.05) is 18.2 Å². The summed E-state index contributed by atoms with van der Waals surface area (Å²) in [4.78, 5) is 27.4. The standard InChI is InChI=1S/C15H16N2O4/c1-9-11(12(18)17-15(2,3)14(19)20)21-13(16-9)10-7-5-4-6-8-10/h4-8H,1-3H3,(H,17,18)(H,19,20). The normalized spacial score (nSPS) is 11.2. The predicted octanol–water partition coefficient (Wildman–Crippen LogP) is 2.24. The molecule has 0 saturated carbocycles. The summed E-state index contributed by atoms with van der Waals surface area (Å²) in [5, 5.41) is 11.4. The lowest BCUT2D eigenvalue weighted by Crippen LogP contribution is -2.49. The van der Waals surface area contributed by atoms with Gasteiger partial charge in [0, 0.05) is 5.56 Å². The van der Waals surface area contributed by atoms with Gasteiger partial charge in [0.05, 0.1) is 5.69 Å². The van der Waals surface area contributed by atoms with Crippen LogP contribution in [-0.2, 0) is 4.79 Å². The van der Waals surface area contributed by atoms with E-state index in [1.807, 2.05) is 30.3 Å². The summed E-state index contributed by atoms with van der Waals surface area (Å²) in [6, 6.07) is 9.16. The molecule has 0 spiro atoms. The first-order chi connectivity index (χ1) is 9.81. The first-order valence-corrected chi connectivity index (χ1v) is 6.40. The molecule has 2 aromatic rings. The van der Waals surface area contributed by atoms with Crippen molar-refractivity contribution in [3.8, 4) is 11.5 Å². The summed E-state index contributed by atoms with van der Waals surface area (Å²) in [7, 11) is 0. The third-order valence-electron chi connectivity index (χ3n) is 2.98. The Hall–Kier alpha value is -2.63. The summed E-state index contributed by atoms with van der Waals surface area (Å²) in [6.45, 7) is 4.44. The van der Waals surface area contributed by atoms with Crippen molar-refractivity contribution in [3.63, 3.8) is 0 Å². The lowest BCUT2D eigenvalue weighted by molar-refractivity contribution is -0.143. The highest BCUT2D eigenvalue weighted by molar-refractivity contribution is 5.96. The summed E-state index contributed by atoms with van der Waals surface area (Å²) < 4.78 is 5.47. The van der Waals surface area contributed by atoms with Crippen molar-refractivity contribution in [1.29, 1.82) is 0 Å². The number of hydrogen-bond donors (Lipinski definition) is 2. The number of benzene rings is 1. The molecule has 0 saturated heterocycles. The van der Waals surface area contributed by atoms with E-state index >= 15 is 0 Å². The molecule has 1 heterocycles. The number of aromatic nitrogens is 1. The Morgan fingerprint density at radius 2 is 1.86 bits per heavy atom. The van der Waals surface area contributed by atoms with Crippen molar-refractivity contribution in [3.05, 3.63) is 41.8 Å². The van der Waals surface area contributed by atoms with Crippen molar-refractivity contribution in [1.82, 2.24) is 10.3 Å². The van der Waals surface area contributed by atoms with Crippen LogP contribution >= 0.6 is 0 Å². The minimum absolute atomic E-state index is 0.0168. The SMILES string of the molecule is Cc1nc(-c2ccccc2)oc1C(=O)NC(C)(C)C(=O)O. The van der Waals surface area contributed by atoms with E-state index in [0.717, 1.165) is 5.56 Å². The molecule has 0 aliphatic rings. The van der Waals surface area contributed by atoms with Gasteiger partial charge in [0.25, 0.3) is 5.91 Å². The van der Waals surface area contributed by atoms with Gasteiger partial charge in [0.2, 0.25) is 11.7 Å². The molecule has 2 N–H and O–H groups in total. The van der Waals surface area contributed by atoms with Gasteiger partial charge in [-0.2, -0.15) is 0 Å². The molecule has 2 rings (SSSR count). The van der Waals surface area contributed by atoms with E-state index in [0.29, 0.717) is 11.6 Å². The summed E-state index contributed by atoms with van der Waals surface area (Å²) in [5.74, 6) is -1.39. The number of oxazole rings is 1. The van der Waals surface area contributed by atoms with E-state index in [1.54, 1.807) is 6.92 Å². The Labute approximate surface area is 121 Å². The van der Waals surface area contributed by atoms with Gasteiger partial charge >= 0.3 is 5.97 Å². The molecule has 0 atom stereocenters. The van der Waals surface area contributed by atoms with Gasteiger partial charge in [0.1, 0.15) is 5.54 Å². The topological polar surface area (TPSA) is 92.4 Å². The minimum atomic E-state index is -1.39. The number of aryl methyl sites for hydroxylation is 1. The van der Waals surface area contributed by atoms with Crippen molar-refractivity contribution < 1.29 is 19.1 Å². The summed E-state index contributed by atoms with van der Waals surface area (Å²) >= 11 is 0. The zero-order valence-electron chi connectivity index (χ0n) is 12.0. The number of amides is 1. The molecule has 0 radical (unpaired) electrons. The predicted molar refractivity (Wildman–Crippen MR) is 75.9 cm³/mol. The molecule has 6 heteroatoms. The zero-order valence-corrected chi connectivity index (χ0v) is 12.0. The second kappa shape index (κ2) is 5.40. The highest BCUT2D eigenvalue weighted by atomic mass is 16.4. The highest BCUT2D eigenvalue weighted by Crippen LogP contribution is 2.21. The lowest BCUT2D eigenvalue weighted by atomic mass is 10.1. The Balaban J connectivity index is 2.28. The molecule has 110 valence electrons. The van der Waals surface area contributed by atoms with Gasteiger partial charge in [-0.25, -0.2) is 9.78 Å². The number of rotatable bonds is 4. The Morgan fingerprint density at radius 3 is 2.43 bits per heavy atom. The second-order valence-electron chi connectivity index (χ2n) is 5.18. The lowest BCUT2D eigenvalue weighted by Gasteiger charge is -2.20. The van der Waals surface area contributed by atoms with E-state index < -0.39 is 17.4 Å². The highest BCUT2D eigenvalue weighted by Gasteiger charge is 2.31. The molecule has 1 aromatic carbocycles. The molecular weight excluding hydrogens is 272 g/mol. The first kappa shape index (κ1) is 14.8. The van der Waals surface area contributed by atoms with Crippen LogP contribution in [0.1, 0.15) is 30.1 Å². The number of carbonyl (C=O) groups excluding carboxylic acids is 1. The van der Waals surface area contributed by atoms with Crippen molar-refractivity contribution in [2.24, 2.45) is 0 Å². The van der Waals surface area contributed by atoms with Crippen LogP contribution in [0.5, 0.6) is 0 Å². The number of nitrogens with zero attached hydrogens (tertiary/aromatic N) is 1. The summed E-state index contributed by atoms with van der Waals surface area (Å²) in [6.07, 6.45) is 0. The molecule has 0 aliphatic carbocycles. The molecule has 0 fully saturated rings. The van der Waals surface area contributed by atoms with Crippen LogP contribution in [0.3, 0.4) is 0 Å². The zero-order chi connectivity index (χ0) is 15.6. The Morgan fingerprint density at radius 1 is 1.24 bits per heavy atom. The van der Waals surface area contributed by atoms with Crippen molar-refractivity contribution in [2.75, 3.05) is 0 Å². The third-order valence-corrected chi connectivity index (χ3v) is 2.98. The number of carboxylic acid groups (broad SMARTS) is 1. The van der Waals surface area contributed by atoms with Crippen LogP contribution in [0, 0.1) is 6.92 Å². The maximum Gasteiger partial charge on any atom is 0.328 e. The van der Waals surface area contributed by atoms with Gasteiger partial charge in [0.15, 0.2) is 0 Å². The van der Waals surface area contributed by atoms with Crippen LogP contribution in [-0.4, -0.2) is 27.5 Å². The minimum Gasteiger partial charge on any atom is -0.480 e. The monoisotopic (exact) mass is 288 g/mol. The summed E-state index contributed by atoms with van der Waals surface area (Å²) in [5.41, 5.74) is -0.229. The Bertz CT molecular complexity index is 674. The molecule has 1 amide bonds. The largest absolute Gasteiger partial charge is 0.480 e. The van der Waals surface area contributed by atoms with E-state index in [-0.39, 0.29) is 5.76 Å². The molecule has 21 heavy (non-hydrogen) atoms. The fourth-order valence-electron chi connectivity index (χ4n) is 1.71. The molecule has 1 aromatic heterocycles. The maximum atomic E-state index is 12.1. The van der Waals surface area contributed by atoms with E-state index in [2.05, 4.69) is 10.3 Å². The van der Waals surface area contributed by atoms with Gasteiger partial charge in [-0.15, -0.1) is 0 Å². The van der Waals surface area contributed by atoms with Crippen LogP contribution in [0.15, 0.2) is 34.7 Å². The first-order valence-electron chi connectivity index (χ1n) is 6.40. The number of nitrogens with one attached hydrogen (secondary N) is 1. The molecule has 0 aliphatic heterocycles. The van der Waals surface area contributed by atoms with Crippen LogP contribution < -0.4 is 5.32 Å². The van der Waals surface area contributed by atoms with Crippen LogP contribution in [0.25, 0.3) is 11.5 Å². The maximum absolute atomic E-state index is 12.1. The average molecular weight is 288 g/mol. The Kier molecular flexibility index (Phi) is 3.80. The van der Waals surface area contributed by atoms with Crippen LogP contribution in [0.4, 0.5) is 0 Å². The van der Waals surface area contributed by atoms with Gasteiger partial charge in [-0.3, -0.25) is 4.79 Å². The molecule has 6 nitrogen and oxygen atoms in total.